The number of hydrogen-bond donors (Lipinski definition) is 0. The molecule has 0 bridgehead atoms. The minimum atomic E-state index is 0.236. The Hall–Kier alpha value is -1.79. The molecule has 100 valence electrons. The standard InChI is InChI=1S/C13H15N3O3/c1-17-8-10-3-2-4-11(14-10)13-15-12(16-19-13)9-5-6-18-7-9/h2-4,9H,5-8H2,1H3/t9-/m1/s1. The Labute approximate surface area is 110 Å². The number of pyridine rings is 1. The monoisotopic (exact) mass is 261 g/mol. The number of aromatic nitrogens is 3. The van der Waals surface area contributed by atoms with Crippen molar-refractivity contribution < 1.29 is 14.0 Å². The molecule has 0 aromatic carbocycles. The fraction of sp³-hybridized carbons (Fsp3) is 0.462. The lowest BCUT2D eigenvalue weighted by Crippen LogP contribution is -2.00. The van der Waals surface area contributed by atoms with Gasteiger partial charge in [-0.05, 0) is 18.6 Å². The fourth-order valence-electron chi connectivity index (χ4n) is 2.07. The summed E-state index contributed by atoms with van der Waals surface area (Å²) in [5.41, 5.74) is 1.51. The van der Waals surface area contributed by atoms with E-state index in [1.54, 1.807) is 7.11 Å². The van der Waals surface area contributed by atoms with E-state index in [4.69, 9.17) is 14.0 Å². The van der Waals surface area contributed by atoms with E-state index in [-0.39, 0.29) is 5.92 Å². The van der Waals surface area contributed by atoms with Crippen molar-refractivity contribution in [1.82, 2.24) is 15.1 Å². The maximum absolute atomic E-state index is 5.32. The lowest BCUT2D eigenvalue weighted by Gasteiger charge is -2.00. The molecule has 19 heavy (non-hydrogen) atoms. The summed E-state index contributed by atoms with van der Waals surface area (Å²) in [6.45, 7) is 1.89. The van der Waals surface area contributed by atoms with Crippen LogP contribution >= 0.6 is 0 Å². The van der Waals surface area contributed by atoms with Gasteiger partial charge in [0.25, 0.3) is 5.89 Å². The summed E-state index contributed by atoms with van der Waals surface area (Å²) in [6.07, 6.45) is 0.941. The van der Waals surface area contributed by atoms with Crippen molar-refractivity contribution in [2.45, 2.75) is 18.9 Å². The highest BCUT2D eigenvalue weighted by Crippen LogP contribution is 2.24. The molecule has 1 fully saturated rings. The molecule has 2 aromatic rings. The molecule has 0 amide bonds. The highest BCUT2D eigenvalue weighted by atomic mass is 16.5. The van der Waals surface area contributed by atoms with Crippen molar-refractivity contribution in [2.24, 2.45) is 0 Å². The lowest BCUT2D eigenvalue weighted by molar-refractivity contribution is 0.181. The molecule has 1 atom stereocenters. The fourth-order valence-corrected chi connectivity index (χ4v) is 2.07. The van der Waals surface area contributed by atoms with Crippen LogP contribution in [0, 0.1) is 0 Å². The zero-order chi connectivity index (χ0) is 13.1. The van der Waals surface area contributed by atoms with Crippen molar-refractivity contribution in [3.63, 3.8) is 0 Å². The smallest absolute Gasteiger partial charge is 0.276 e. The molecule has 6 heteroatoms. The van der Waals surface area contributed by atoms with Gasteiger partial charge in [-0.1, -0.05) is 11.2 Å². The molecule has 2 aromatic heterocycles. The molecule has 1 aliphatic rings. The minimum absolute atomic E-state index is 0.236. The second-order valence-corrected chi connectivity index (χ2v) is 4.47. The highest BCUT2D eigenvalue weighted by molar-refractivity contribution is 5.46. The average molecular weight is 261 g/mol. The Kier molecular flexibility index (Phi) is 3.52. The molecule has 6 nitrogen and oxygen atoms in total. The van der Waals surface area contributed by atoms with Crippen LogP contribution in [0.3, 0.4) is 0 Å². The van der Waals surface area contributed by atoms with Crippen molar-refractivity contribution in [2.75, 3.05) is 20.3 Å². The second-order valence-electron chi connectivity index (χ2n) is 4.47. The van der Waals surface area contributed by atoms with Gasteiger partial charge in [-0.2, -0.15) is 4.98 Å². The van der Waals surface area contributed by atoms with Gasteiger partial charge in [0.2, 0.25) is 0 Å². The Bertz CT molecular complexity index is 550. The van der Waals surface area contributed by atoms with Gasteiger partial charge in [0, 0.05) is 19.6 Å². The molecule has 0 radical (unpaired) electrons. The third kappa shape index (κ3) is 2.64. The predicted molar refractivity (Wildman–Crippen MR) is 66.4 cm³/mol. The molecule has 0 saturated carbocycles. The third-order valence-electron chi connectivity index (χ3n) is 3.05. The summed E-state index contributed by atoms with van der Waals surface area (Å²) < 4.78 is 15.7. The summed E-state index contributed by atoms with van der Waals surface area (Å²) in [4.78, 5) is 8.82. The van der Waals surface area contributed by atoms with Crippen LogP contribution in [-0.2, 0) is 16.1 Å². The van der Waals surface area contributed by atoms with E-state index >= 15 is 0 Å². The van der Waals surface area contributed by atoms with Crippen LogP contribution in [0.1, 0.15) is 23.9 Å². The molecule has 0 N–H and O–H groups in total. The van der Waals surface area contributed by atoms with Crippen molar-refractivity contribution in [3.05, 3.63) is 29.7 Å². The molecule has 1 aliphatic heterocycles. The van der Waals surface area contributed by atoms with E-state index in [0.29, 0.717) is 30.6 Å². The minimum Gasteiger partial charge on any atom is -0.381 e. The van der Waals surface area contributed by atoms with Gasteiger partial charge in [0.15, 0.2) is 5.82 Å². The zero-order valence-electron chi connectivity index (χ0n) is 10.7. The van der Waals surface area contributed by atoms with Crippen LogP contribution in [0.4, 0.5) is 0 Å². The van der Waals surface area contributed by atoms with E-state index in [1.165, 1.54) is 0 Å². The first-order valence-electron chi connectivity index (χ1n) is 6.23. The van der Waals surface area contributed by atoms with Gasteiger partial charge in [0.05, 0.1) is 18.9 Å². The van der Waals surface area contributed by atoms with Gasteiger partial charge in [-0.25, -0.2) is 4.98 Å². The van der Waals surface area contributed by atoms with Crippen molar-refractivity contribution >= 4 is 0 Å². The number of nitrogens with zero attached hydrogens (tertiary/aromatic N) is 3. The molecular formula is C13H15N3O3. The Morgan fingerprint density at radius 1 is 1.37 bits per heavy atom. The molecule has 3 rings (SSSR count). The van der Waals surface area contributed by atoms with Crippen LogP contribution in [-0.4, -0.2) is 35.4 Å². The zero-order valence-corrected chi connectivity index (χ0v) is 10.7. The van der Waals surface area contributed by atoms with E-state index < -0.39 is 0 Å². The van der Waals surface area contributed by atoms with Gasteiger partial charge in [0.1, 0.15) is 5.69 Å². The summed E-state index contributed by atoms with van der Waals surface area (Å²) in [5, 5.41) is 4.01. The number of rotatable bonds is 4. The Morgan fingerprint density at radius 2 is 2.32 bits per heavy atom. The normalized spacial score (nSPS) is 18.9. The highest BCUT2D eigenvalue weighted by Gasteiger charge is 2.23. The summed E-state index contributed by atoms with van der Waals surface area (Å²) in [5.74, 6) is 1.38. The maximum Gasteiger partial charge on any atom is 0.276 e. The van der Waals surface area contributed by atoms with Crippen LogP contribution < -0.4 is 0 Å². The number of ether oxygens (including phenoxy) is 2. The lowest BCUT2D eigenvalue weighted by atomic mass is 10.1. The van der Waals surface area contributed by atoms with E-state index in [0.717, 1.165) is 18.7 Å². The molecule has 3 heterocycles. The van der Waals surface area contributed by atoms with E-state index in [9.17, 15) is 0 Å². The van der Waals surface area contributed by atoms with E-state index in [1.807, 2.05) is 18.2 Å². The Morgan fingerprint density at radius 3 is 3.11 bits per heavy atom. The largest absolute Gasteiger partial charge is 0.381 e. The van der Waals surface area contributed by atoms with E-state index in [2.05, 4.69) is 15.1 Å². The molecular weight excluding hydrogens is 246 g/mol. The predicted octanol–water partition coefficient (Wildman–Crippen LogP) is 1.78. The molecule has 0 spiro atoms. The van der Waals surface area contributed by atoms with Gasteiger partial charge < -0.3 is 14.0 Å². The first-order valence-corrected chi connectivity index (χ1v) is 6.23. The summed E-state index contributed by atoms with van der Waals surface area (Å²) in [6, 6.07) is 5.65. The third-order valence-corrected chi connectivity index (χ3v) is 3.05. The first-order chi connectivity index (χ1) is 9.36. The second kappa shape index (κ2) is 5.46. The molecule has 0 unspecified atom stereocenters. The van der Waals surface area contributed by atoms with Crippen molar-refractivity contribution in [1.29, 1.82) is 0 Å². The topological polar surface area (TPSA) is 70.3 Å². The van der Waals surface area contributed by atoms with Crippen LogP contribution in [0.2, 0.25) is 0 Å². The maximum atomic E-state index is 5.32. The summed E-state index contributed by atoms with van der Waals surface area (Å²) >= 11 is 0. The van der Waals surface area contributed by atoms with Crippen LogP contribution in [0.5, 0.6) is 0 Å². The van der Waals surface area contributed by atoms with Gasteiger partial charge >= 0.3 is 0 Å². The van der Waals surface area contributed by atoms with Gasteiger partial charge in [-0.3, -0.25) is 0 Å². The Balaban J connectivity index is 1.83. The number of methoxy groups -OCH3 is 1. The molecule has 0 aliphatic carbocycles. The average Bonchev–Trinajstić information content (AvgIpc) is 3.11. The molecule has 1 saturated heterocycles. The van der Waals surface area contributed by atoms with Gasteiger partial charge in [-0.15, -0.1) is 0 Å². The quantitative estimate of drug-likeness (QED) is 0.835. The number of hydrogen-bond acceptors (Lipinski definition) is 6. The van der Waals surface area contributed by atoms with Crippen LogP contribution in [0.15, 0.2) is 22.7 Å². The summed E-state index contributed by atoms with van der Waals surface area (Å²) in [7, 11) is 1.64. The van der Waals surface area contributed by atoms with Crippen LogP contribution in [0.25, 0.3) is 11.6 Å². The SMILES string of the molecule is COCc1cccc(-c2nc([C@@H]3CCOC3)no2)n1. The first kappa shape index (κ1) is 12.3. The van der Waals surface area contributed by atoms with Crippen molar-refractivity contribution in [3.8, 4) is 11.6 Å².